The largest absolute Gasteiger partial charge is 0.348 e. The van der Waals surface area contributed by atoms with Gasteiger partial charge in [-0.05, 0) is 24.1 Å². The minimum atomic E-state index is -0.372. The summed E-state index contributed by atoms with van der Waals surface area (Å²) in [7, 11) is 3.54. The second kappa shape index (κ2) is 7.53. The lowest BCUT2D eigenvalue weighted by Crippen LogP contribution is -2.27. The van der Waals surface area contributed by atoms with E-state index in [0.717, 1.165) is 16.8 Å². The van der Waals surface area contributed by atoms with Crippen LogP contribution in [0.25, 0.3) is 5.69 Å². The third-order valence-corrected chi connectivity index (χ3v) is 5.08. The number of likely N-dealkylation sites (N-methyl/N-ethyl adjacent to an activating group) is 1. The van der Waals surface area contributed by atoms with Gasteiger partial charge in [-0.25, -0.2) is 0 Å². The number of benzene rings is 2. The van der Waals surface area contributed by atoms with Gasteiger partial charge in [0.25, 0.3) is 0 Å². The maximum atomic E-state index is 12.7. The van der Waals surface area contributed by atoms with Gasteiger partial charge < -0.3 is 4.90 Å². The van der Waals surface area contributed by atoms with Crippen LogP contribution in [0, 0.1) is 6.92 Å². The third kappa shape index (κ3) is 3.74. The van der Waals surface area contributed by atoms with Gasteiger partial charge in [0.05, 0.1) is 5.69 Å². The van der Waals surface area contributed by atoms with Gasteiger partial charge in [-0.3, -0.25) is 9.36 Å². The van der Waals surface area contributed by atoms with Crippen LogP contribution in [0.5, 0.6) is 0 Å². The van der Waals surface area contributed by atoms with E-state index in [4.69, 9.17) is 0 Å². The van der Waals surface area contributed by atoms with Gasteiger partial charge >= 0.3 is 0 Å². The number of para-hydroxylation sites is 1. The standard InChI is InChI=1S/C19H20N4OS/c1-14-9-7-8-12-16(14)23-13-20-21-19(23)25-17(18(24)22(2)3)15-10-5-4-6-11-15/h4-13,17H,1-3H3. The lowest BCUT2D eigenvalue weighted by molar-refractivity contribution is -0.128. The van der Waals surface area contributed by atoms with Crippen molar-refractivity contribution < 1.29 is 4.79 Å². The molecule has 0 aliphatic carbocycles. The second-order valence-electron chi connectivity index (χ2n) is 5.91. The van der Waals surface area contributed by atoms with Crippen molar-refractivity contribution >= 4 is 17.7 Å². The predicted molar refractivity (Wildman–Crippen MR) is 99.8 cm³/mol. The smallest absolute Gasteiger partial charge is 0.240 e. The summed E-state index contributed by atoms with van der Waals surface area (Å²) >= 11 is 1.41. The minimum absolute atomic E-state index is 0.0236. The number of aryl methyl sites for hydroxylation is 1. The van der Waals surface area contributed by atoms with Crippen LogP contribution < -0.4 is 0 Å². The van der Waals surface area contributed by atoms with Crippen LogP contribution in [-0.4, -0.2) is 39.7 Å². The lowest BCUT2D eigenvalue weighted by atomic mass is 10.1. The molecule has 1 atom stereocenters. The van der Waals surface area contributed by atoms with Crippen LogP contribution in [0.15, 0.2) is 66.1 Å². The SMILES string of the molecule is Cc1ccccc1-n1cnnc1SC(C(=O)N(C)C)c1ccccc1. The first-order chi connectivity index (χ1) is 12.1. The van der Waals surface area contributed by atoms with Crippen molar-refractivity contribution in [2.45, 2.75) is 17.3 Å². The molecule has 3 rings (SSSR count). The maximum absolute atomic E-state index is 12.7. The fraction of sp³-hybridized carbons (Fsp3) is 0.211. The zero-order valence-electron chi connectivity index (χ0n) is 14.5. The molecule has 0 aliphatic rings. The number of thioether (sulfide) groups is 1. The zero-order valence-corrected chi connectivity index (χ0v) is 15.3. The Morgan fingerprint density at radius 1 is 1.08 bits per heavy atom. The van der Waals surface area contributed by atoms with E-state index in [9.17, 15) is 4.79 Å². The second-order valence-corrected chi connectivity index (χ2v) is 6.98. The van der Waals surface area contributed by atoms with E-state index in [1.54, 1.807) is 25.3 Å². The highest BCUT2D eigenvalue weighted by atomic mass is 32.2. The van der Waals surface area contributed by atoms with Gasteiger partial charge in [0.15, 0.2) is 5.16 Å². The fourth-order valence-electron chi connectivity index (χ4n) is 2.53. The number of aromatic nitrogens is 3. The Bertz CT molecular complexity index is 861. The molecule has 2 aromatic carbocycles. The first-order valence-corrected chi connectivity index (χ1v) is 8.84. The molecule has 0 spiro atoms. The van der Waals surface area contributed by atoms with Crippen molar-refractivity contribution in [3.63, 3.8) is 0 Å². The normalized spacial score (nSPS) is 12.0. The molecule has 6 heteroatoms. The van der Waals surface area contributed by atoms with Gasteiger partial charge in [-0.15, -0.1) is 10.2 Å². The summed E-state index contributed by atoms with van der Waals surface area (Å²) in [6.45, 7) is 2.05. The van der Waals surface area contributed by atoms with Crippen LogP contribution in [0.4, 0.5) is 0 Å². The number of rotatable bonds is 5. The Labute approximate surface area is 151 Å². The van der Waals surface area contributed by atoms with Gasteiger partial charge in [0.2, 0.25) is 5.91 Å². The average Bonchev–Trinajstić information content (AvgIpc) is 3.08. The van der Waals surface area contributed by atoms with Gasteiger partial charge in [0.1, 0.15) is 11.6 Å². The fourth-order valence-corrected chi connectivity index (χ4v) is 3.70. The summed E-state index contributed by atoms with van der Waals surface area (Å²) in [5.41, 5.74) is 3.09. The highest BCUT2D eigenvalue weighted by Crippen LogP contribution is 2.36. The molecule has 3 aromatic rings. The van der Waals surface area contributed by atoms with Crippen molar-refractivity contribution in [3.8, 4) is 5.69 Å². The topological polar surface area (TPSA) is 51.0 Å². The molecule has 1 heterocycles. The molecule has 0 fully saturated rings. The Kier molecular flexibility index (Phi) is 5.19. The monoisotopic (exact) mass is 352 g/mol. The van der Waals surface area contributed by atoms with E-state index in [-0.39, 0.29) is 11.2 Å². The molecule has 5 nitrogen and oxygen atoms in total. The molecule has 0 bridgehead atoms. The Morgan fingerprint density at radius 2 is 1.76 bits per heavy atom. The number of carbonyl (C=O) groups excluding carboxylic acids is 1. The first-order valence-electron chi connectivity index (χ1n) is 7.96. The zero-order chi connectivity index (χ0) is 17.8. The number of amides is 1. The molecule has 0 saturated carbocycles. The van der Waals surface area contributed by atoms with Crippen molar-refractivity contribution in [1.82, 2.24) is 19.7 Å². The van der Waals surface area contributed by atoms with E-state index in [1.807, 2.05) is 66.1 Å². The predicted octanol–water partition coefficient (Wildman–Crippen LogP) is 3.50. The molecule has 1 unspecified atom stereocenters. The van der Waals surface area contributed by atoms with Crippen LogP contribution in [-0.2, 0) is 4.79 Å². The molecule has 1 aromatic heterocycles. The number of hydrogen-bond donors (Lipinski definition) is 0. The van der Waals surface area contributed by atoms with E-state index in [1.165, 1.54) is 11.8 Å². The molecular formula is C19H20N4OS. The maximum Gasteiger partial charge on any atom is 0.240 e. The van der Waals surface area contributed by atoms with Crippen molar-refractivity contribution in [3.05, 3.63) is 72.1 Å². The molecule has 128 valence electrons. The molecule has 0 aliphatic heterocycles. The first kappa shape index (κ1) is 17.2. The molecule has 1 amide bonds. The quantitative estimate of drug-likeness (QED) is 0.660. The van der Waals surface area contributed by atoms with E-state index in [0.29, 0.717) is 5.16 Å². The minimum Gasteiger partial charge on any atom is -0.348 e. The van der Waals surface area contributed by atoms with Crippen LogP contribution in [0.1, 0.15) is 16.4 Å². The highest BCUT2D eigenvalue weighted by molar-refractivity contribution is 8.00. The summed E-state index contributed by atoms with van der Waals surface area (Å²) in [5.74, 6) is 0.0236. The van der Waals surface area contributed by atoms with Crippen LogP contribution in [0.2, 0.25) is 0 Å². The summed E-state index contributed by atoms with van der Waals surface area (Å²) in [5, 5.41) is 8.62. The van der Waals surface area contributed by atoms with Gasteiger partial charge in [-0.2, -0.15) is 0 Å². The van der Waals surface area contributed by atoms with Gasteiger partial charge in [-0.1, -0.05) is 60.3 Å². The Hall–Kier alpha value is -2.60. The number of nitrogens with zero attached hydrogens (tertiary/aromatic N) is 4. The van der Waals surface area contributed by atoms with E-state index >= 15 is 0 Å². The van der Waals surface area contributed by atoms with E-state index in [2.05, 4.69) is 10.2 Å². The molecule has 25 heavy (non-hydrogen) atoms. The molecular weight excluding hydrogens is 332 g/mol. The van der Waals surface area contributed by atoms with Crippen LogP contribution in [0.3, 0.4) is 0 Å². The van der Waals surface area contributed by atoms with Crippen molar-refractivity contribution in [2.24, 2.45) is 0 Å². The van der Waals surface area contributed by atoms with Crippen molar-refractivity contribution in [2.75, 3.05) is 14.1 Å². The third-order valence-electron chi connectivity index (χ3n) is 3.88. The highest BCUT2D eigenvalue weighted by Gasteiger charge is 2.26. The van der Waals surface area contributed by atoms with Gasteiger partial charge in [0, 0.05) is 14.1 Å². The Balaban J connectivity index is 1.98. The molecule has 0 N–H and O–H groups in total. The van der Waals surface area contributed by atoms with E-state index < -0.39 is 0 Å². The molecule has 0 radical (unpaired) electrons. The number of carbonyl (C=O) groups is 1. The Morgan fingerprint density at radius 3 is 2.44 bits per heavy atom. The average molecular weight is 352 g/mol. The summed E-state index contributed by atoms with van der Waals surface area (Å²) in [4.78, 5) is 14.3. The lowest BCUT2D eigenvalue weighted by Gasteiger charge is -2.20. The van der Waals surface area contributed by atoms with Crippen molar-refractivity contribution in [1.29, 1.82) is 0 Å². The van der Waals surface area contributed by atoms with Crippen LogP contribution >= 0.6 is 11.8 Å². The number of hydrogen-bond acceptors (Lipinski definition) is 4. The summed E-state index contributed by atoms with van der Waals surface area (Å²) in [6.07, 6.45) is 1.69. The summed E-state index contributed by atoms with van der Waals surface area (Å²) in [6, 6.07) is 17.8. The summed E-state index contributed by atoms with van der Waals surface area (Å²) < 4.78 is 1.93. The molecule has 0 saturated heterocycles.